The molecule has 0 aliphatic rings. The maximum atomic E-state index is 13.3. The second-order valence-electron chi connectivity index (χ2n) is 7.97. The van der Waals surface area contributed by atoms with E-state index in [0.29, 0.717) is 67.9 Å². The molecular formula is C25H36N6O4. The largest absolute Gasteiger partial charge is 0.481 e. The molecule has 0 unspecified atom stereocenters. The molecule has 0 aliphatic carbocycles. The van der Waals surface area contributed by atoms with Crippen molar-refractivity contribution in [2.45, 2.75) is 33.2 Å². The number of methoxy groups -OCH3 is 1. The SMILES string of the molecule is CCCOCCNCCNc1nc2cnc(-c3ccc(OC)nc3)cc2n(CCOCCC)c1=O. The van der Waals surface area contributed by atoms with Crippen molar-refractivity contribution in [2.24, 2.45) is 0 Å². The van der Waals surface area contributed by atoms with Gasteiger partial charge in [0.1, 0.15) is 5.52 Å². The fourth-order valence-corrected chi connectivity index (χ4v) is 3.48. The van der Waals surface area contributed by atoms with Gasteiger partial charge in [-0.25, -0.2) is 9.97 Å². The van der Waals surface area contributed by atoms with Gasteiger partial charge in [0.25, 0.3) is 5.56 Å². The van der Waals surface area contributed by atoms with Crippen LogP contribution in [0, 0.1) is 0 Å². The van der Waals surface area contributed by atoms with Gasteiger partial charge in [-0.2, -0.15) is 0 Å². The standard InChI is InChI=1S/C25H36N6O4/c1-4-12-34-14-10-26-8-9-27-24-25(32)31(11-15-35-13-5-2)22-16-20(28-18-21(22)30-24)19-6-7-23(33-3)29-17-19/h6-7,16-18,26H,4-5,8-15H2,1-3H3,(H,27,30). The van der Waals surface area contributed by atoms with Crippen LogP contribution in [0.15, 0.2) is 35.4 Å². The van der Waals surface area contributed by atoms with Crippen LogP contribution in [-0.4, -0.2) is 72.7 Å². The maximum absolute atomic E-state index is 13.3. The third-order valence-corrected chi connectivity index (χ3v) is 5.25. The van der Waals surface area contributed by atoms with E-state index in [-0.39, 0.29) is 5.56 Å². The third kappa shape index (κ3) is 7.71. The lowest BCUT2D eigenvalue weighted by molar-refractivity contribution is 0.127. The van der Waals surface area contributed by atoms with E-state index in [9.17, 15) is 4.79 Å². The zero-order chi connectivity index (χ0) is 24.9. The Morgan fingerprint density at radius 1 is 0.943 bits per heavy atom. The normalized spacial score (nSPS) is 11.2. The molecule has 0 radical (unpaired) electrons. The highest BCUT2D eigenvalue weighted by molar-refractivity contribution is 5.80. The predicted molar refractivity (Wildman–Crippen MR) is 137 cm³/mol. The summed E-state index contributed by atoms with van der Waals surface area (Å²) in [6.07, 6.45) is 5.32. The molecule has 3 rings (SSSR count). The van der Waals surface area contributed by atoms with E-state index >= 15 is 0 Å². The van der Waals surface area contributed by atoms with E-state index in [2.05, 4.69) is 39.4 Å². The first-order chi connectivity index (χ1) is 17.2. The van der Waals surface area contributed by atoms with Crippen LogP contribution in [0.1, 0.15) is 26.7 Å². The highest BCUT2D eigenvalue weighted by atomic mass is 16.5. The second kappa shape index (κ2) is 14.3. The Morgan fingerprint density at radius 3 is 2.46 bits per heavy atom. The van der Waals surface area contributed by atoms with Crippen LogP contribution in [0.5, 0.6) is 5.88 Å². The van der Waals surface area contributed by atoms with Crippen LogP contribution in [0.4, 0.5) is 5.82 Å². The number of hydrogen-bond acceptors (Lipinski definition) is 9. The number of pyridine rings is 2. The van der Waals surface area contributed by atoms with Gasteiger partial charge in [-0.3, -0.25) is 9.78 Å². The van der Waals surface area contributed by atoms with Crippen molar-refractivity contribution in [2.75, 3.05) is 58.5 Å². The van der Waals surface area contributed by atoms with Crippen molar-refractivity contribution in [1.82, 2.24) is 24.8 Å². The van der Waals surface area contributed by atoms with Gasteiger partial charge in [0.15, 0.2) is 5.82 Å². The Kier molecular flexibility index (Phi) is 10.9. The van der Waals surface area contributed by atoms with Gasteiger partial charge < -0.3 is 29.4 Å². The summed E-state index contributed by atoms with van der Waals surface area (Å²) in [5.74, 6) is 0.831. The van der Waals surface area contributed by atoms with E-state index in [1.807, 2.05) is 12.1 Å². The van der Waals surface area contributed by atoms with E-state index in [1.54, 1.807) is 30.1 Å². The van der Waals surface area contributed by atoms with E-state index in [0.717, 1.165) is 31.6 Å². The zero-order valence-corrected chi connectivity index (χ0v) is 20.9. The molecule has 10 heteroatoms. The summed E-state index contributed by atoms with van der Waals surface area (Å²) in [7, 11) is 1.57. The number of anilines is 1. The van der Waals surface area contributed by atoms with Crippen molar-refractivity contribution >= 4 is 16.9 Å². The van der Waals surface area contributed by atoms with Crippen LogP contribution in [0.2, 0.25) is 0 Å². The Hall–Kier alpha value is -3.08. The monoisotopic (exact) mass is 484 g/mol. The Labute approximate surface area is 206 Å². The molecule has 3 aromatic rings. The molecule has 10 nitrogen and oxygen atoms in total. The minimum absolute atomic E-state index is 0.186. The first-order valence-electron chi connectivity index (χ1n) is 12.2. The van der Waals surface area contributed by atoms with Crippen LogP contribution in [0.3, 0.4) is 0 Å². The number of hydrogen-bond donors (Lipinski definition) is 2. The lowest BCUT2D eigenvalue weighted by Gasteiger charge is -2.14. The van der Waals surface area contributed by atoms with Crippen LogP contribution >= 0.6 is 0 Å². The highest BCUT2D eigenvalue weighted by Crippen LogP contribution is 2.22. The lowest BCUT2D eigenvalue weighted by Crippen LogP contribution is -2.31. The smallest absolute Gasteiger partial charge is 0.293 e. The van der Waals surface area contributed by atoms with Gasteiger partial charge in [-0.05, 0) is 25.0 Å². The molecule has 0 saturated heterocycles. The van der Waals surface area contributed by atoms with Gasteiger partial charge >= 0.3 is 0 Å². The summed E-state index contributed by atoms with van der Waals surface area (Å²) < 4.78 is 18.0. The number of nitrogens with one attached hydrogen (secondary N) is 2. The number of rotatable bonds is 16. The topological polar surface area (TPSA) is 112 Å². The Bertz CT molecular complexity index is 1100. The van der Waals surface area contributed by atoms with Crippen LogP contribution in [0.25, 0.3) is 22.3 Å². The summed E-state index contributed by atoms with van der Waals surface area (Å²) in [5, 5.41) is 6.46. The fraction of sp³-hybridized carbons (Fsp3) is 0.520. The Balaban J connectivity index is 1.79. The molecule has 0 amide bonds. The van der Waals surface area contributed by atoms with Crippen molar-refractivity contribution in [3.8, 4) is 17.1 Å². The molecular weight excluding hydrogens is 448 g/mol. The van der Waals surface area contributed by atoms with E-state index in [4.69, 9.17) is 14.2 Å². The molecule has 0 bridgehead atoms. The average Bonchev–Trinajstić information content (AvgIpc) is 2.89. The third-order valence-electron chi connectivity index (χ3n) is 5.25. The van der Waals surface area contributed by atoms with E-state index in [1.165, 1.54) is 0 Å². The first-order valence-corrected chi connectivity index (χ1v) is 12.2. The molecule has 190 valence electrons. The summed E-state index contributed by atoms with van der Waals surface area (Å²) in [5.41, 5.74) is 2.67. The zero-order valence-electron chi connectivity index (χ0n) is 20.9. The first kappa shape index (κ1) is 26.5. The molecule has 0 aliphatic heterocycles. The quantitative estimate of drug-likeness (QED) is 0.296. The molecule has 0 fully saturated rings. The van der Waals surface area contributed by atoms with Crippen molar-refractivity contribution < 1.29 is 14.2 Å². The summed E-state index contributed by atoms with van der Waals surface area (Å²) >= 11 is 0. The van der Waals surface area contributed by atoms with Gasteiger partial charge in [0, 0.05) is 57.2 Å². The molecule has 2 N–H and O–H groups in total. The second-order valence-corrected chi connectivity index (χ2v) is 7.97. The molecule has 3 aromatic heterocycles. The van der Waals surface area contributed by atoms with Gasteiger partial charge in [0.05, 0.1) is 37.7 Å². The average molecular weight is 485 g/mol. The summed E-state index contributed by atoms with van der Waals surface area (Å²) in [6.45, 7) is 9.12. The van der Waals surface area contributed by atoms with Gasteiger partial charge in [0.2, 0.25) is 5.88 Å². The highest BCUT2D eigenvalue weighted by Gasteiger charge is 2.13. The van der Waals surface area contributed by atoms with Crippen molar-refractivity contribution in [1.29, 1.82) is 0 Å². The molecule has 0 aromatic carbocycles. The minimum atomic E-state index is -0.186. The molecule has 0 saturated carbocycles. The van der Waals surface area contributed by atoms with Crippen molar-refractivity contribution in [3.63, 3.8) is 0 Å². The molecule has 0 spiro atoms. The van der Waals surface area contributed by atoms with E-state index < -0.39 is 0 Å². The number of nitrogens with zero attached hydrogens (tertiary/aromatic N) is 4. The van der Waals surface area contributed by atoms with Crippen LogP contribution < -0.4 is 20.9 Å². The fourth-order valence-electron chi connectivity index (χ4n) is 3.48. The predicted octanol–water partition coefficient (Wildman–Crippen LogP) is 2.72. The molecule has 3 heterocycles. The Morgan fingerprint density at radius 2 is 1.74 bits per heavy atom. The number of aromatic nitrogens is 4. The summed E-state index contributed by atoms with van der Waals surface area (Å²) in [6, 6.07) is 5.53. The number of fused-ring (bicyclic) bond motifs is 1. The minimum Gasteiger partial charge on any atom is -0.481 e. The van der Waals surface area contributed by atoms with Gasteiger partial charge in [-0.1, -0.05) is 13.8 Å². The number of ether oxygens (including phenoxy) is 3. The van der Waals surface area contributed by atoms with Crippen molar-refractivity contribution in [3.05, 3.63) is 40.9 Å². The summed E-state index contributed by atoms with van der Waals surface area (Å²) in [4.78, 5) is 26.7. The molecule has 0 atom stereocenters. The van der Waals surface area contributed by atoms with Crippen LogP contribution in [-0.2, 0) is 16.0 Å². The van der Waals surface area contributed by atoms with Gasteiger partial charge in [-0.15, -0.1) is 0 Å². The lowest BCUT2D eigenvalue weighted by atomic mass is 10.2. The molecule has 35 heavy (non-hydrogen) atoms. The maximum Gasteiger partial charge on any atom is 0.293 e.